The van der Waals surface area contributed by atoms with Crippen LogP contribution >= 0.6 is 0 Å². The maximum absolute atomic E-state index is 11.7. The summed E-state index contributed by atoms with van der Waals surface area (Å²) < 4.78 is 0. The zero-order valence-corrected chi connectivity index (χ0v) is 14.3. The number of hydrogen-bond acceptors (Lipinski definition) is 5. The van der Waals surface area contributed by atoms with E-state index in [1.54, 1.807) is 19.1 Å². The molecule has 1 fully saturated rings. The molecule has 1 aliphatic rings. The first kappa shape index (κ1) is 18.4. The predicted octanol–water partition coefficient (Wildman–Crippen LogP) is 1.25. The van der Waals surface area contributed by atoms with Crippen LogP contribution < -0.4 is 16.1 Å². The first-order valence-electron chi connectivity index (χ1n) is 8.19. The van der Waals surface area contributed by atoms with Crippen molar-refractivity contribution in [3.63, 3.8) is 0 Å². The lowest BCUT2D eigenvalue weighted by atomic mass is 10.1. The second kappa shape index (κ2) is 8.27. The molecule has 0 atom stereocenters. The van der Waals surface area contributed by atoms with Gasteiger partial charge in [0.15, 0.2) is 0 Å². The minimum absolute atomic E-state index is 0.0496. The molecule has 8 heteroatoms. The van der Waals surface area contributed by atoms with E-state index in [1.807, 2.05) is 6.92 Å². The fourth-order valence-electron chi connectivity index (χ4n) is 2.08. The second-order valence-corrected chi connectivity index (χ2v) is 5.92. The van der Waals surface area contributed by atoms with Gasteiger partial charge in [-0.2, -0.15) is 5.10 Å². The average Bonchev–Trinajstić information content (AvgIpc) is 3.38. The molecule has 0 unspecified atom stereocenters. The molecule has 1 saturated carbocycles. The maximum Gasteiger partial charge on any atom is 0.329 e. The molecule has 25 heavy (non-hydrogen) atoms. The Hall–Kier alpha value is -2.90. The molecule has 0 saturated heterocycles. The number of phenolic OH excluding ortho intramolecular Hbond substituents is 1. The Balaban J connectivity index is 2.03. The van der Waals surface area contributed by atoms with E-state index in [0.29, 0.717) is 23.4 Å². The minimum Gasteiger partial charge on any atom is -0.507 e. The number of anilines is 1. The van der Waals surface area contributed by atoms with Crippen molar-refractivity contribution in [2.45, 2.75) is 45.6 Å². The molecular weight excluding hydrogens is 324 g/mol. The van der Waals surface area contributed by atoms with Gasteiger partial charge >= 0.3 is 11.8 Å². The van der Waals surface area contributed by atoms with Gasteiger partial charge in [0.25, 0.3) is 0 Å². The molecule has 0 radical (unpaired) electrons. The van der Waals surface area contributed by atoms with Crippen molar-refractivity contribution in [2.75, 3.05) is 5.32 Å². The van der Waals surface area contributed by atoms with Gasteiger partial charge in [0.1, 0.15) is 5.75 Å². The number of rotatable bonds is 6. The van der Waals surface area contributed by atoms with Crippen molar-refractivity contribution in [2.24, 2.45) is 5.10 Å². The Morgan fingerprint density at radius 3 is 2.60 bits per heavy atom. The highest BCUT2D eigenvalue weighted by Gasteiger charge is 2.26. The summed E-state index contributed by atoms with van der Waals surface area (Å²) >= 11 is 0. The van der Waals surface area contributed by atoms with Crippen LogP contribution in [0.15, 0.2) is 23.3 Å². The lowest BCUT2D eigenvalue weighted by Gasteiger charge is -2.09. The third kappa shape index (κ3) is 5.59. The Morgan fingerprint density at radius 1 is 1.24 bits per heavy atom. The van der Waals surface area contributed by atoms with Gasteiger partial charge in [-0.15, -0.1) is 0 Å². The molecule has 3 amide bonds. The second-order valence-electron chi connectivity index (χ2n) is 5.92. The zero-order chi connectivity index (χ0) is 18.4. The van der Waals surface area contributed by atoms with Gasteiger partial charge in [0.2, 0.25) is 5.91 Å². The number of carbonyl (C=O) groups excluding carboxylic acids is 3. The van der Waals surface area contributed by atoms with Gasteiger partial charge in [-0.25, -0.2) is 5.43 Å². The summed E-state index contributed by atoms with van der Waals surface area (Å²) in [5.74, 6) is -1.77. The fourth-order valence-corrected chi connectivity index (χ4v) is 2.08. The fraction of sp³-hybridized carbons (Fsp3) is 0.412. The number of hydrazone groups is 1. The van der Waals surface area contributed by atoms with Crippen LogP contribution in [0.1, 0.15) is 45.1 Å². The molecule has 1 aromatic carbocycles. The van der Waals surface area contributed by atoms with E-state index < -0.39 is 11.8 Å². The Morgan fingerprint density at radius 2 is 1.96 bits per heavy atom. The molecule has 4 N–H and O–H groups in total. The number of nitrogens with zero attached hydrogens (tertiary/aromatic N) is 1. The third-order valence-electron chi connectivity index (χ3n) is 3.59. The highest BCUT2D eigenvalue weighted by Crippen LogP contribution is 2.22. The molecule has 8 nitrogen and oxygen atoms in total. The van der Waals surface area contributed by atoms with Crippen molar-refractivity contribution in [3.05, 3.63) is 23.8 Å². The summed E-state index contributed by atoms with van der Waals surface area (Å²) in [6.07, 6.45) is 2.89. The summed E-state index contributed by atoms with van der Waals surface area (Å²) in [5.41, 5.74) is 3.32. The topological polar surface area (TPSA) is 120 Å². The minimum atomic E-state index is -0.863. The van der Waals surface area contributed by atoms with Crippen LogP contribution in [-0.2, 0) is 14.4 Å². The van der Waals surface area contributed by atoms with Gasteiger partial charge < -0.3 is 15.7 Å². The quantitative estimate of drug-likeness (QED) is 0.268. The van der Waals surface area contributed by atoms with E-state index in [2.05, 4.69) is 21.2 Å². The van der Waals surface area contributed by atoms with E-state index in [-0.39, 0.29) is 17.7 Å². The average molecular weight is 346 g/mol. The van der Waals surface area contributed by atoms with Crippen LogP contribution in [0.2, 0.25) is 0 Å². The molecule has 0 aromatic heterocycles. The van der Waals surface area contributed by atoms with Crippen molar-refractivity contribution < 1.29 is 19.5 Å². The number of aromatic hydroxyl groups is 1. The molecule has 0 bridgehead atoms. The van der Waals surface area contributed by atoms with Crippen LogP contribution in [0.4, 0.5) is 5.69 Å². The lowest BCUT2D eigenvalue weighted by molar-refractivity contribution is -0.139. The maximum atomic E-state index is 11.7. The van der Waals surface area contributed by atoms with Crippen molar-refractivity contribution in [1.82, 2.24) is 10.7 Å². The van der Waals surface area contributed by atoms with Crippen LogP contribution in [0.3, 0.4) is 0 Å². The first-order valence-corrected chi connectivity index (χ1v) is 8.19. The number of phenols is 1. The number of benzene rings is 1. The molecule has 2 rings (SSSR count). The van der Waals surface area contributed by atoms with Crippen molar-refractivity contribution in [3.8, 4) is 5.75 Å². The van der Waals surface area contributed by atoms with E-state index in [4.69, 9.17) is 0 Å². The van der Waals surface area contributed by atoms with Crippen molar-refractivity contribution in [1.29, 1.82) is 0 Å². The normalized spacial score (nSPS) is 13.9. The van der Waals surface area contributed by atoms with Gasteiger partial charge in [0, 0.05) is 23.7 Å². The number of nitrogens with one attached hydrogen (secondary N) is 3. The van der Waals surface area contributed by atoms with Gasteiger partial charge in [-0.1, -0.05) is 6.92 Å². The number of hydrogen-bond donors (Lipinski definition) is 4. The van der Waals surface area contributed by atoms with Crippen molar-refractivity contribution >= 4 is 29.1 Å². The Labute approximate surface area is 145 Å². The first-order chi connectivity index (χ1) is 11.9. The predicted molar refractivity (Wildman–Crippen MR) is 93.2 cm³/mol. The van der Waals surface area contributed by atoms with Crippen LogP contribution in [0.25, 0.3) is 0 Å². The molecule has 0 heterocycles. The van der Waals surface area contributed by atoms with E-state index in [0.717, 1.165) is 19.3 Å². The zero-order valence-electron chi connectivity index (χ0n) is 14.3. The summed E-state index contributed by atoms with van der Waals surface area (Å²) in [6.45, 7) is 3.48. The SMILES string of the molecule is CCCC(=O)Nc1ccc(O)c(/C(C)=N/NC(=O)C(=O)NC2CC2)c1. The van der Waals surface area contributed by atoms with Crippen LogP contribution in [-0.4, -0.2) is 34.6 Å². The van der Waals surface area contributed by atoms with E-state index in [1.165, 1.54) is 6.07 Å². The molecule has 0 spiro atoms. The lowest BCUT2D eigenvalue weighted by Crippen LogP contribution is -2.39. The molecule has 1 aliphatic carbocycles. The van der Waals surface area contributed by atoms with E-state index >= 15 is 0 Å². The molecule has 134 valence electrons. The summed E-state index contributed by atoms with van der Waals surface area (Å²) in [5, 5.41) is 19.1. The highest BCUT2D eigenvalue weighted by atomic mass is 16.3. The van der Waals surface area contributed by atoms with E-state index in [9.17, 15) is 19.5 Å². The number of carbonyl (C=O) groups is 3. The Bertz CT molecular complexity index is 711. The van der Waals surface area contributed by atoms with Crippen LogP contribution in [0, 0.1) is 0 Å². The summed E-state index contributed by atoms with van der Waals surface area (Å²) in [4.78, 5) is 34.9. The molecule has 1 aromatic rings. The molecule has 0 aliphatic heterocycles. The smallest absolute Gasteiger partial charge is 0.329 e. The Kier molecular flexibility index (Phi) is 6.10. The van der Waals surface area contributed by atoms with Crippen LogP contribution in [0.5, 0.6) is 5.75 Å². The van der Waals surface area contributed by atoms with Gasteiger partial charge in [-0.05, 0) is 44.4 Å². The summed E-state index contributed by atoms with van der Waals surface area (Å²) in [7, 11) is 0. The standard InChI is InChI=1S/C17H22N4O4/c1-3-4-15(23)18-12-7-8-14(22)13(9-12)10(2)20-21-17(25)16(24)19-11-5-6-11/h7-9,11,22H,3-6H2,1-2H3,(H,18,23)(H,19,24)(H,21,25)/b20-10+. The number of amides is 3. The molecular formula is C17H22N4O4. The van der Waals surface area contributed by atoms with Gasteiger partial charge in [0.05, 0.1) is 5.71 Å². The summed E-state index contributed by atoms with van der Waals surface area (Å²) in [6, 6.07) is 4.63. The monoisotopic (exact) mass is 346 g/mol. The van der Waals surface area contributed by atoms with Gasteiger partial charge in [-0.3, -0.25) is 14.4 Å². The highest BCUT2D eigenvalue weighted by molar-refractivity contribution is 6.35. The largest absolute Gasteiger partial charge is 0.507 e. The third-order valence-corrected chi connectivity index (χ3v) is 3.59.